The third-order valence-electron chi connectivity index (χ3n) is 6.07. The van der Waals surface area contributed by atoms with Crippen LogP contribution in [0.3, 0.4) is 0 Å². The van der Waals surface area contributed by atoms with Gasteiger partial charge >= 0.3 is 0 Å². The highest BCUT2D eigenvalue weighted by atomic mass is 35.5. The lowest BCUT2D eigenvalue weighted by Gasteiger charge is -2.25. The van der Waals surface area contributed by atoms with Crippen molar-refractivity contribution >= 4 is 46.1 Å². The van der Waals surface area contributed by atoms with Crippen molar-refractivity contribution in [3.05, 3.63) is 50.7 Å². The van der Waals surface area contributed by atoms with Crippen LogP contribution in [0.1, 0.15) is 40.1 Å². The van der Waals surface area contributed by atoms with Crippen LogP contribution in [-0.2, 0) is 9.57 Å². The molecule has 34 heavy (non-hydrogen) atoms. The molecule has 10 heteroatoms. The zero-order valence-electron chi connectivity index (χ0n) is 19.5. The van der Waals surface area contributed by atoms with Crippen LogP contribution in [-0.4, -0.2) is 75.4 Å². The summed E-state index contributed by atoms with van der Waals surface area (Å²) in [4.78, 5) is 22.8. The number of halogens is 1. The average Bonchev–Trinajstić information content (AvgIpc) is 3.62. The number of benzene rings is 1. The number of oxime groups is 1. The molecular weight excluding hydrogens is 474 g/mol. The molecule has 0 saturated carbocycles. The number of nitrogens with one attached hydrogen (secondary N) is 2. The van der Waals surface area contributed by atoms with E-state index in [-0.39, 0.29) is 12.0 Å². The van der Waals surface area contributed by atoms with Crippen molar-refractivity contribution in [2.24, 2.45) is 5.16 Å². The highest BCUT2D eigenvalue weighted by Gasteiger charge is 2.26. The minimum absolute atomic E-state index is 0.168. The summed E-state index contributed by atoms with van der Waals surface area (Å²) in [6.45, 7) is 3.52. The number of rotatable bonds is 9. The van der Waals surface area contributed by atoms with Gasteiger partial charge in [0.2, 0.25) is 0 Å². The molecule has 3 heterocycles. The first-order valence-electron chi connectivity index (χ1n) is 11.4. The molecule has 1 saturated heterocycles. The van der Waals surface area contributed by atoms with E-state index in [0.29, 0.717) is 41.2 Å². The molecule has 2 N–H and O–H groups in total. The summed E-state index contributed by atoms with van der Waals surface area (Å²) in [5.41, 5.74) is 3.67. The molecule has 1 aromatic carbocycles. The molecule has 0 aliphatic carbocycles. The Morgan fingerprint density at radius 1 is 1.35 bits per heavy atom. The Morgan fingerprint density at radius 2 is 2.15 bits per heavy atom. The molecule has 2 aliphatic heterocycles. The van der Waals surface area contributed by atoms with E-state index >= 15 is 0 Å². The summed E-state index contributed by atoms with van der Waals surface area (Å²) < 4.78 is 5.86. The van der Waals surface area contributed by atoms with Crippen molar-refractivity contribution in [3.8, 4) is 0 Å². The second-order valence-electron chi connectivity index (χ2n) is 8.47. The number of carbonyl (C=O) groups excluding carboxylic acids is 1. The quantitative estimate of drug-likeness (QED) is 0.401. The number of methoxy groups -OCH3 is 1. The Hall–Kier alpha value is -2.62. The van der Waals surface area contributed by atoms with Crippen molar-refractivity contribution in [3.63, 3.8) is 0 Å². The highest BCUT2D eigenvalue weighted by molar-refractivity contribution is 7.18. The summed E-state index contributed by atoms with van der Waals surface area (Å²) >= 11 is 7.17. The third kappa shape index (κ3) is 5.71. The Balaban J connectivity index is 1.46. The first kappa shape index (κ1) is 24.5. The molecule has 8 nitrogen and oxygen atoms in total. The molecule has 2 aliphatic rings. The molecule has 1 amide bonds. The van der Waals surface area contributed by atoms with Gasteiger partial charge in [-0.15, -0.1) is 11.3 Å². The number of ether oxygens (including phenoxy) is 1. The zero-order valence-corrected chi connectivity index (χ0v) is 21.0. The van der Waals surface area contributed by atoms with Crippen LogP contribution in [0.25, 0.3) is 0 Å². The molecule has 1 aromatic heterocycles. The van der Waals surface area contributed by atoms with Crippen LogP contribution in [0.15, 0.2) is 35.5 Å². The second kappa shape index (κ2) is 11.2. The van der Waals surface area contributed by atoms with E-state index in [4.69, 9.17) is 26.6 Å². The normalized spacial score (nSPS) is 17.4. The van der Waals surface area contributed by atoms with Gasteiger partial charge in [0.15, 0.2) is 0 Å². The van der Waals surface area contributed by atoms with Gasteiger partial charge in [0.25, 0.3) is 5.91 Å². The van der Waals surface area contributed by atoms with E-state index in [2.05, 4.69) is 26.3 Å². The summed E-state index contributed by atoms with van der Waals surface area (Å²) in [5, 5.41) is 15.9. The van der Waals surface area contributed by atoms with Gasteiger partial charge in [-0.3, -0.25) is 10.2 Å². The Kier molecular flexibility index (Phi) is 8.07. The van der Waals surface area contributed by atoms with Crippen molar-refractivity contribution in [1.29, 1.82) is 5.41 Å². The lowest BCUT2D eigenvalue weighted by molar-refractivity contribution is 0.0755. The van der Waals surface area contributed by atoms with Crippen LogP contribution in [0.4, 0.5) is 5.69 Å². The molecule has 1 unspecified atom stereocenters. The maximum Gasteiger partial charge on any atom is 0.261 e. The number of anilines is 1. The Labute approximate surface area is 209 Å². The van der Waals surface area contributed by atoms with Gasteiger partial charge in [-0.05, 0) is 31.0 Å². The van der Waals surface area contributed by atoms with Crippen molar-refractivity contribution in [2.75, 3.05) is 51.8 Å². The number of hydrogen-bond acceptors (Lipinski definition) is 7. The lowest BCUT2D eigenvalue weighted by Crippen LogP contribution is -2.32. The number of likely N-dealkylation sites (N-methyl/N-ethyl adjacent to an activating group) is 1. The largest absolute Gasteiger partial charge is 0.390 e. The maximum atomic E-state index is 12.3. The van der Waals surface area contributed by atoms with Gasteiger partial charge in [-0.1, -0.05) is 28.9 Å². The van der Waals surface area contributed by atoms with Gasteiger partial charge < -0.3 is 24.7 Å². The molecule has 0 spiro atoms. The predicted octanol–water partition coefficient (Wildman–Crippen LogP) is 3.83. The standard InChI is InChI=1S/C24H30ClN5O3S/c1-29(11-12-32-2)20-13-16(23(26)30-9-3-4-10-30)5-6-18(20)19-14-17(33-28-19)15-27-24(31)21-7-8-22(25)34-21/h5-8,13,17,26H,3-4,9-12,14-15H2,1-2H3,(H,27,31). The minimum atomic E-state index is -0.242. The summed E-state index contributed by atoms with van der Waals surface area (Å²) in [7, 11) is 3.70. The van der Waals surface area contributed by atoms with E-state index in [1.165, 1.54) is 11.3 Å². The SMILES string of the molecule is COCCN(C)c1cc(C(=N)N2CCCC2)ccc1C1=NOC(CNC(=O)c2ccc(Cl)s2)C1. The number of carbonyl (C=O) groups is 1. The molecule has 1 fully saturated rings. The van der Waals surface area contributed by atoms with Crippen molar-refractivity contribution in [1.82, 2.24) is 10.2 Å². The van der Waals surface area contributed by atoms with Crippen LogP contribution >= 0.6 is 22.9 Å². The smallest absolute Gasteiger partial charge is 0.261 e. The molecule has 0 bridgehead atoms. The van der Waals surface area contributed by atoms with Gasteiger partial charge in [0.05, 0.1) is 28.1 Å². The third-order valence-corrected chi connectivity index (χ3v) is 7.30. The van der Waals surface area contributed by atoms with E-state index in [1.54, 1.807) is 19.2 Å². The van der Waals surface area contributed by atoms with Crippen molar-refractivity contribution < 1.29 is 14.4 Å². The van der Waals surface area contributed by atoms with Crippen LogP contribution in [0, 0.1) is 5.41 Å². The van der Waals surface area contributed by atoms with Gasteiger partial charge in [0, 0.05) is 57.0 Å². The molecule has 182 valence electrons. The van der Waals surface area contributed by atoms with Crippen LogP contribution < -0.4 is 10.2 Å². The minimum Gasteiger partial charge on any atom is -0.390 e. The number of amidine groups is 1. The second-order valence-corrected chi connectivity index (χ2v) is 10.2. The average molecular weight is 504 g/mol. The number of likely N-dealkylation sites (tertiary alicyclic amines) is 1. The molecule has 2 aromatic rings. The van der Waals surface area contributed by atoms with Gasteiger partial charge in [-0.25, -0.2) is 0 Å². The Bertz CT molecular complexity index is 1070. The fraction of sp³-hybridized carbons (Fsp3) is 0.458. The van der Waals surface area contributed by atoms with Crippen molar-refractivity contribution in [2.45, 2.75) is 25.4 Å². The monoisotopic (exact) mass is 503 g/mol. The highest BCUT2D eigenvalue weighted by Crippen LogP contribution is 2.28. The van der Waals surface area contributed by atoms with E-state index in [0.717, 1.165) is 48.5 Å². The van der Waals surface area contributed by atoms with Crippen LogP contribution in [0.2, 0.25) is 4.34 Å². The number of amides is 1. The van der Waals surface area contributed by atoms with E-state index < -0.39 is 0 Å². The lowest BCUT2D eigenvalue weighted by atomic mass is 9.99. The molecule has 0 radical (unpaired) electrons. The first-order chi connectivity index (χ1) is 16.5. The van der Waals surface area contributed by atoms with Crippen LogP contribution in [0.5, 0.6) is 0 Å². The maximum absolute atomic E-state index is 12.3. The number of thiophene rings is 1. The molecule has 4 rings (SSSR count). The summed E-state index contributed by atoms with van der Waals surface area (Å²) in [6, 6.07) is 9.49. The topological polar surface area (TPSA) is 90.2 Å². The number of hydrogen-bond donors (Lipinski definition) is 2. The predicted molar refractivity (Wildman–Crippen MR) is 137 cm³/mol. The van der Waals surface area contributed by atoms with Gasteiger partial charge in [0.1, 0.15) is 11.9 Å². The molecular formula is C24H30ClN5O3S. The fourth-order valence-corrected chi connectivity index (χ4v) is 5.10. The van der Waals surface area contributed by atoms with E-state index in [1.807, 2.05) is 19.2 Å². The Morgan fingerprint density at radius 3 is 2.85 bits per heavy atom. The first-order valence-corrected chi connectivity index (χ1v) is 12.6. The zero-order chi connectivity index (χ0) is 24.1. The fourth-order valence-electron chi connectivity index (χ4n) is 4.14. The van der Waals surface area contributed by atoms with Gasteiger partial charge in [-0.2, -0.15) is 0 Å². The summed E-state index contributed by atoms with van der Waals surface area (Å²) in [6.07, 6.45) is 2.60. The number of nitrogens with zero attached hydrogens (tertiary/aromatic N) is 3. The van der Waals surface area contributed by atoms with E-state index in [9.17, 15) is 4.79 Å². The summed E-state index contributed by atoms with van der Waals surface area (Å²) in [5.74, 6) is 0.392. The molecule has 1 atom stereocenters.